The van der Waals surface area contributed by atoms with E-state index in [-0.39, 0.29) is 22.0 Å². The van der Waals surface area contributed by atoms with Crippen molar-refractivity contribution in [1.82, 2.24) is 19.5 Å². The third kappa shape index (κ3) is 1.82. The number of non-ortho nitro benzene ring substituents is 1. The van der Waals surface area contributed by atoms with E-state index in [0.717, 1.165) is 0 Å². The Kier molecular flexibility index (Phi) is 2.72. The van der Waals surface area contributed by atoms with Gasteiger partial charge in [-0.3, -0.25) is 19.7 Å². The predicted molar refractivity (Wildman–Crippen MR) is 71.2 cm³/mol. The number of hydrogen-bond acceptors (Lipinski definition) is 5. The molecule has 1 N–H and O–H groups in total. The minimum Gasteiger partial charge on any atom is -0.290 e. The van der Waals surface area contributed by atoms with Crippen molar-refractivity contribution in [3.63, 3.8) is 0 Å². The van der Waals surface area contributed by atoms with Crippen LogP contribution in [0.1, 0.15) is 0 Å². The normalized spacial score (nSPS) is 10.8. The molecule has 0 aliphatic heterocycles. The summed E-state index contributed by atoms with van der Waals surface area (Å²) in [5.41, 5.74) is 0.230. The third-order valence-electron chi connectivity index (χ3n) is 2.73. The molecule has 0 unspecified atom stereocenters. The number of H-pyrrole nitrogens is 1. The van der Waals surface area contributed by atoms with E-state index in [2.05, 4.69) is 15.0 Å². The summed E-state index contributed by atoms with van der Waals surface area (Å²) in [7, 11) is 0. The first-order valence-corrected chi connectivity index (χ1v) is 5.82. The number of imidazole rings is 1. The highest BCUT2D eigenvalue weighted by Crippen LogP contribution is 2.22. The van der Waals surface area contributed by atoms with Gasteiger partial charge in [-0.15, -0.1) is 0 Å². The highest BCUT2D eigenvalue weighted by atomic mass is 35.5. The van der Waals surface area contributed by atoms with Gasteiger partial charge in [-0.2, -0.15) is 0 Å². The zero-order valence-electron chi connectivity index (χ0n) is 9.78. The third-order valence-corrected chi connectivity index (χ3v) is 3.01. The lowest BCUT2D eigenvalue weighted by atomic mass is 10.3. The van der Waals surface area contributed by atoms with Gasteiger partial charge in [-0.1, -0.05) is 17.7 Å². The Balaban J connectivity index is 2.35. The van der Waals surface area contributed by atoms with E-state index in [4.69, 9.17) is 11.6 Å². The Morgan fingerprint density at radius 2 is 2.15 bits per heavy atom. The maximum Gasteiger partial charge on any atom is 0.332 e. The molecule has 0 bridgehead atoms. The Bertz CT molecular complexity index is 885. The van der Waals surface area contributed by atoms with Crippen LogP contribution < -0.4 is 5.69 Å². The Labute approximate surface area is 115 Å². The Morgan fingerprint density at radius 1 is 1.35 bits per heavy atom. The molecule has 0 saturated carbocycles. The van der Waals surface area contributed by atoms with Gasteiger partial charge in [-0.05, 0) is 6.07 Å². The van der Waals surface area contributed by atoms with Gasteiger partial charge in [0.05, 0.1) is 10.6 Å². The number of halogens is 1. The molecule has 0 aliphatic carbocycles. The SMILES string of the molecule is O=c1[nH]c2ncnc(Cl)c2n1-c1cccc([N+](=O)[O-])c1. The number of rotatable bonds is 2. The van der Waals surface area contributed by atoms with Gasteiger partial charge in [0, 0.05) is 12.1 Å². The number of benzene rings is 1. The molecule has 0 saturated heterocycles. The van der Waals surface area contributed by atoms with Crippen LogP contribution in [0.5, 0.6) is 0 Å². The summed E-state index contributed by atoms with van der Waals surface area (Å²) < 4.78 is 1.20. The summed E-state index contributed by atoms with van der Waals surface area (Å²) in [5.74, 6) is 0. The van der Waals surface area contributed by atoms with Crippen molar-refractivity contribution in [2.24, 2.45) is 0 Å². The molecule has 0 radical (unpaired) electrons. The van der Waals surface area contributed by atoms with E-state index < -0.39 is 10.6 Å². The first-order valence-electron chi connectivity index (χ1n) is 5.44. The lowest BCUT2D eigenvalue weighted by Crippen LogP contribution is -2.14. The van der Waals surface area contributed by atoms with E-state index >= 15 is 0 Å². The van der Waals surface area contributed by atoms with Crippen LogP contribution in [0.25, 0.3) is 16.9 Å². The number of nitro groups is 1. The van der Waals surface area contributed by atoms with Crippen molar-refractivity contribution in [1.29, 1.82) is 0 Å². The predicted octanol–water partition coefficient (Wildman–Crippen LogP) is 1.67. The molecule has 1 aromatic carbocycles. The molecule has 3 aromatic rings. The maximum atomic E-state index is 12.0. The second-order valence-electron chi connectivity index (χ2n) is 3.90. The van der Waals surface area contributed by atoms with E-state index in [1.54, 1.807) is 6.07 Å². The quantitative estimate of drug-likeness (QED) is 0.439. The van der Waals surface area contributed by atoms with Gasteiger partial charge in [0.1, 0.15) is 11.8 Å². The lowest BCUT2D eigenvalue weighted by molar-refractivity contribution is -0.384. The molecule has 9 heteroatoms. The van der Waals surface area contributed by atoms with Gasteiger partial charge in [0.15, 0.2) is 10.8 Å². The zero-order valence-corrected chi connectivity index (χ0v) is 10.5. The second-order valence-corrected chi connectivity index (χ2v) is 4.26. The summed E-state index contributed by atoms with van der Waals surface area (Å²) in [6.45, 7) is 0. The van der Waals surface area contributed by atoms with E-state index in [1.807, 2.05) is 0 Å². The molecule has 3 rings (SSSR count). The standard InChI is InChI=1S/C11H6ClN5O3/c12-9-8-10(14-5-13-9)15-11(18)16(8)6-2-1-3-7(4-6)17(19)20/h1-5H,(H,13,14,15,18). The van der Waals surface area contributed by atoms with Crippen LogP contribution in [0.2, 0.25) is 5.15 Å². The van der Waals surface area contributed by atoms with E-state index in [9.17, 15) is 14.9 Å². The van der Waals surface area contributed by atoms with Crippen LogP contribution >= 0.6 is 11.6 Å². The number of hydrogen-bond donors (Lipinski definition) is 1. The topological polar surface area (TPSA) is 107 Å². The number of aromatic nitrogens is 4. The van der Waals surface area contributed by atoms with Crippen LogP contribution in [-0.4, -0.2) is 24.4 Å². The zero-order chi connectivity index (χ0) is 14.3. The van der Waals surface area contributed by atoms with Gasteiger partial charge in [0.2, 0.25) is 0 Å². The van der Waals surface area contributed by atoms with Gasteiger partial charge in [0.25, 0.3) is 5.69 Å². The largest absolute Gasteiger partial charge is 0.332 e. The van der Waals surface area contributed by atoms with Crippen LogP contribution in [-0.2, 0) is 0 Å². The molecule has 0 fully saturated rings. The van der Waals surface area contributed by atoms with Crippen LogP contribution in [0.15, 0.2) is 35.4 Å². The molecule has 2 heterocycles. The highest BCUT2D eigenvalue weighted by molar-refractivity contribution is 6.33. The summed E-state index contributed by atoms with van der Waals surface area (Å²) in [4.78, 5) is 32.5. The Morgan fingerprint density at radius 3 is 2.90 bits per heavy atom. The fraction of sp³-hybridized carbons (Fsp3) is 0. The van der Waals surface area contributed by atoms with Crippen molar-refractivity contribution in [2.45, 2.75) is 0 Å². The molecule has 8 nitrogen and oxygen atoms in total. The minimum atomic E-state index is -0.540. The molecular formula is C11H6ClN5O3. The molecule has 0 amide bonds. The lowest BCUT2D eigenvalue weighted by Gasteiger charge is -2.03. The summed E-state index contributed by atoms with van der Waals surface area (Å²) >= 11 is 5.96. The van der Waals surface area contributed by atoms with Crippen molar-refractivity contribution in [3.05, 3.63) is 56.3 Å². The summed E-state index contributed by atoms with van der Waals surface area (Å²) in [5, 5.41) is 10.9. The molecule has 2 aromatic heterocycles. The molecule has 100 valence electrons. The number of fused-ring (bicyclic) bond motifs is 1. The van der Waals surface area contributed by atoms with Crippen LogP contribution in [0.3, 0.4) is 0 Å². The average molecular weight is 292 g/mol. The monoisotopic (exact) mass is 291 g/mol. The van der Waals surface area contributed by atoms with Gasteiger partial charge < -0.3 is 0 Å². The molecule has 0 spiro atoms. The number of nitro benzene ring substituents is 1. The van der Waals surface area contributed by atoms with E-state index in [0.29, 0.717) is 5.69 Å². The highest BCUT2D eigenvalue weighted by Gasteiger charge is 2.15. The van der Waals surface area contributed by atoms with Crippen molar-refractivity contribution in [2.75, 3.05) is 0 Å². The fourth-order valence-electron chi connectivity index (χ4n) is 1.90. The van der Waals surface area contributed by atoms with Crippen molar-refractivity contribution < 1.29 is 4.92 Å². The van der Waals surface area contributed by atoms with Crippen molar-refractivity contribution in [3.8, 4) is 5.69 Å². The molecule has 0 atom stereocenters. The van der Waals surface area contributed by atoms with Crippen LogP contribution in [0.4, 0.5) is 5.69 Å². The number of aromatic amines is 1. The molecular weight excluding hydrogens is 286 g/mol. The molecule has 0 aliphatic rings. The minimum absolute atomic E-state index is 0.0832. The van der Waals surface area contributed by atoms with Gasteiger partial charge in [-0.25, -0.2) is 14.8 Å². The average Bonchev–Trinajstić information content (AvgIpc) is 2.76. The van der Waals surface area contributed by atoms with Crippen LogP contribution in [0, 0.1) is 10.1 Å². The Hall–Kier alpha value is -2.74. The summed E-state index contributed by atoms with van der Waals surface area (Å²) in [6.07, 6.45) is 1.22. The first kappa shape index (κ1) is 12.3. The maximum absolute atomic E-state index is 12.0. The second kappa shape index (κ2) is 4.42. The first-order chi connectivity index (χ1) is 9.58. The van der Waals surface area contributed by atoms with Gasteiger partial charge >= 0.3 is 5.69 Å². The number of nitrogens with zero attached hydrogens (tertiary/aromatic N) is 4. The van der Waals surface area contributed by atoms with Crippen molar-refractivity contribution >= 4 is 28.5 Å². The fourth-order valence-corrected chi connectivity index (χ4v) is 2.12. The number of nitrogens with one attached hydrogen (secondary N) is 1. The smallest absolute Gasteiger partial charge is 0.290 e. The summed E-state index contributed by atoms with van der Waals surface area (Å²) in [6, 6.07) is 5.65. The van der Waals surface area contributed by atoms with E-state index in [1.165, 1.54) is 29.1 Å². The molecule has 20 heavy (non-hydrogen) atoms.